The zero-order chi connectivity index (χ0) is 17.4. The number of halogens is 1. The number of anilines is 1. The van der Waals surface area contributed by atoms with Crippen LogP contribution < -0.4 is 5.32 Å². The molecule has 1 amide bonds. The van der Waals surface area contributed by atoms with Gasteiger partial charge in [-0.3, -0.25) is 4.79 Å². The predicted octanol–water partition coefficient (Wildman–Crippen LogP) is 3.87. The smallest absolute Gasteiger partial charge is 0.340 e. The number of para-hydroxylation sites is 1. The van der Waals surface area contributed by atoms with E-state index in [9.17, 15) is 14.0 Å². The average molecular weight is 347 g/mol. The highest BCUT2D eigenvalue weighted by molar-refractivity contribution is 7.99. The second-order valence-electron chi connectivity index (χ2n) is 4.90. The van der Waals surface area contributed by atoms with E-state index in [-0.39, 0.29) is 24.1 Å². The first-order valence-corrected chi connectivity index (χ1v) is 8.64. The highest BCUT2D eigenvalue weighted by Crippen LogP contribution is 2.18. The van der Waals surface area contributed by atoms with Crippen molar-refractivity contribution in [2.75, 3.05) is 17.7 Å². The summed E-state index contributed by atoms with van der Waals surface area (Å²) in [5.41, 5.74) is 1.28. The molecule has 0 fully saturated rings. The Kier molecular flexibility index (Phi) is 6.81. The topological polar surface area (TPSA) is 55.4 Å². The lowest BCUT2D eigenvalue weighted by atomic mass is 10.2. The molecule has 0 saturated carbocycles. The monoisotopic (exact) mass is 347 g/mol. The Morgan fingerprint density at radius 2 is 1.83 bits per heavy atom. The normalized spacial score (nSPS) is 10.2. The van der Waals surface area contributed by atoms with E-state index < -0.39 is 5.97 Å². The number of nitrogens with one attached hydrogen (secondary N) is 1. The summed E-state index contributed by atoms with van der Waals surface area (Å²) in [5.74, 6) is -0.455. The lowest BCUT2D eigenvalue weighted by Crippen LogP contribution is -2.17. The maximum atomic E-state index is 13.5. The molecule has 2 aromatic carbocycles. The number of hydrogen-bond acceptors (Lipinski definition) is 4. The maximum absolute atomic E-state index is 13.5. The molecule has 0 saturated heterocycles. The molecule has 0 aromatic heterocycles. The molecule has 0 aliphatic rings. The van der Waals surface area contributed by atoms with Crippen LogP contribution in [0.2, 0.25) is 0 Å². The number of amides is 1. The maximum Gasteiger partial charge on any atom is 0.340 e. The highest BCUT2D eigenvalue weighted by atomic mass is 32.2. The van der Waals surface area contributed by atoms with Gasteiger partial charge in [-0.2, -0.15) is 0 Å². The number of benzene rings is 2. The molecule has 126 valence electrons. The zero-order valence-electron chi connectivity index (χ0n) is 13.3. The van der Waals surface area contributed by atoms with Crippen molar-refractivity contribution >= 4 is 29.3 Å². The van der Waals surface area contributed by atoms with E-state index in [4.69, 9.17) is 4.74 Å². The van der Waals surface area contributed by atoms with E-state index in [1.165, 1.54) is 17.8 Å². The molecule has 1 N–H and O–H groups in total. The standard InChI is InChI=1S/C18H18FNO3S/c1-2-23-18(22)14-8-4-6-10-16(14)20-17(21)12-24-11-13-7-3-5-9-15(13)19/h3-10H,2,11-12H2,1H3,(H,20,21). The van der Waals surface area contributed by atoms with Crippen molar-refractivity contribution in [3.8, 4) is 0 Å². The van der Waals surface area contributed by atoms with Crippen LogP contribution in [0.3, 0.4) is 0 Å². The first-order chi connectivity index (χ1) is 11.6. The Morgan fingerprint density at radius 3 is 2.58 bits per heavy atom. The van der Waals surface area contributed by atoms with Crippen molar-refractivity contribution in [1.29, 1.82) is 0 Å². The molecule has 0 radical (unpaired) electrons. The minimum Gasteiger partial charge on any atom is -0.462 e. The fourth-order valence-electron chi connectivity index (χ4n) is 2.03. The van der Waals surface area contributed by atoms with Crippen LogP contribution in [-0.4, -0.2) is 24.2 Å². The SMILES string of the molecule is CCOC(=O)c1ccccc1NC(=O)CSCc1ccccc1F. The largest absolute Gasteiger partial charge is 0.462 e. The summed E-state index contributed by atoms with van der Waals surface area (Å²) in [6.45, 7) is 1.98. The van der Waals surface area contributed by atoms with Gasteiger partial charge in [0.2, 0.25) is 5.91 Å². The van der Waals surface area contributed by atoms with Crippen molar-refractivity contribution in [2.24, 2.45) is 0 Å². The van der Waals surface area contributed by atoms with E-state index in [1.807, 2.05) is 0 Å². The summed E-state index contributed by atoms with van der Waals surface area (Å²) in [6.07, 6.45) is 0. The molecule has 0 aliphatic carbocycles. The second-order valence-corrected chi connectivity index (χ2v) is 5.88. The van der Waals surface area contributed by atoms with Crippen LogP contribution in [0.15, 0.2) is 48.5 Å². The first-order valence-electron chi connectivity index (χ1n) is 7.49. The molecule has 4 nitrogen and oxygen atoms in total. The number of ether oxygens (including phenoxy) is 1. The molecule has 0 heterocycles. The van der Waals surface area contributed by atoms with Crippen LogP contribution in [0, 0.1) is 5.82 Å². The predicted molar refractivity (Wildman–Crippen MR) is 93.6 cm³/mol. The van der Waals surface area contributed by atoms with Crippen LogP contribution in [0.4, 0.5) is 10.1 Å². The first kappa shape index (κ1) is 18.0. The van der Waals surface area contributed by atoms with Crippen LogP contribution in [-0.2, 0) is 15.3 Å². The minimum atomic E-state index is -0.479. The quantitative estimate of drug-likeness (QED) is 0.773. The van der Waals surface area contributed by atoms with E-state index in [2.05, 4.69) is 5.32 Å². The Balaban J connectivity index is 1.91. The lowest BCUT2D eigenvalue weighted by molar-refractivity contribution is -0.113. The number of thioether (sulfide) groups is 1. The van der Waals surface area contributed by atoms with Crippen molar-refractivity contribution in [2.45, 2.75) is 12.7 Å². The van der Waals surface area contributed by atoms with Crippen molar-refractivity contribution in [3.63, 3.8) is 0 Å². The van der Waals surface area contributed by atoms with Gasteiger partial charge in [0.05, 0.1) is 23.6 Å². The summed E-state index contributed by atoms with van der Waals surface area (Å²) >= 11 is 1.30. The fraction of sp³-hybridized carbons (Fsp3) is 0.222. The van der Waals surface area contributed by atoms with Gasteiger partial charge in [0, 0.05) is 5.75 Å². The molecule has 0 atom stereocenters. The summed E-state index contributed by atoms with van der Waals surface area (Å²) < 4.78 is 18.5. The van der Waals surface area contributed by atoms with Crippen LogP contribution in [0.1, 0.15) is 22.8 Å². The summed E-state index contributed by atoms with van der Waals surface area (Å²) in [7, 11) is 0. The van der Waals surface area contributed by atoms with Crippen LogP contribution in [0.5, 0.6) is 0 Å². The third-order valence-electron chi connectivity index (χ3n) is 3.15. The molecule has 24 heavy (non-hydrogen) atoms. The van der Waals surface area contributed by atoms with Crippen molar-refractivity contribution < 1.29 is 18.7 Å². The third kappa shape index (κ3) is 5.09. The van der Waals surface area contributed by atoms with Gasteiger partial charge >= 0.3 is 5.97 Å². The number of rotatable bonds is 7. The number of esters is 1. The molecule has 6 heteroatoms. The molecule has 0 bridgehead atoms. The molecule has 2 rings (SSSR count). The van der Waals surface area contributed by atoms with Crippen molar-refractivity contribution in [3.05, 3.63) is 65.5 Å². The Bertz CT molecular complexity index is 721. The van der Waals surface area contributed by atoms with Crippen molar-refractivity contribution in [1.82, 2.24) is 0 Å². The molecule has 0 aliphatic heterocycles. The van der Waals surface area contributed by atoms with E-state index in [0.717, 1.165) is 0 Å². The summed E-state index contributed by atoms with van der Waals surface area (Å²) in [5, 5.41) is 2.70. The average Bonchev–Trinajstić information content (AvgIpc) is 2.57. The van der Waals surface area contributed by atoms with Gasteiger partial charge in [0.1, 0.15) is 5.82 Å². The Morgan fingerprint density at radius 1 is 1.12 bits per heavy atom. The summed E-state index contributed by atoms with van der Waals surface area (Å²) in [6, 6.07) is 13.1. The number of carbonyl (C=O) groups excluding carboxylic acids is 2. The van der Waals surface area contributed by atoms with Crippen LogP contribution >= 0.6 is 11.8 Å². The van der Waals surface area contributed by atoms with Gasteiger partial charge in [-0.25, -0.2) is 9.18 Å². The van der Waals surface area contributed by atoms with E-state index in [0.29, 0.717) is 22.6 Å². The number of carbonyl (C=O) groups is 2. The molecule has 0 unspecified atom stereocenters. The molecule has 2 aromatic rings. The summed E-state index contributed by atoms with van der Waals surface area (Å²) in [4.78, 5) is 23.9. The van der Waals surface area contributed by atoms with Gasteiger partial charge in [0.25, 0.3) is 0 Å². The highest BCUT2D eigenvalue weighted by Gasteiger charge is 2.14. The lowest BCUT2D eigenvalue weighted by Gasteiger charge is -2.10. The Hall–Kier alpha value is -2.34. The fourth-order valence-corrected chi connectivity index (χ4v) is 2.85. The minimum absolute atomic E-state index is 0.158. The van der Waals surface area contributed by atoms with E-state index in [1.54, 1.807) is 49.4 Å². The zero-order valence-corrected chi connectivity index (χ0v) is 14.1. The van der Waals surface area contributed by atoms with Gasteiger partial charge in [0.15, 0.2) is 0 Å². The third-order valence-corrected chi connectivity index (χ3v) is 4.13. The van der Waals surface area contributed by atoms with Gasteiger partial charge in [-0.05, 0) is 30.7 Å². The molecular formula is C18H18FNO3S. The van der Waals surface area contributed by atoms with Gasteiger partial charge in [-0.15, -0.1) is 11.8 Å². The van der Waals surface area contributed by atoms with E-state index >= 15 is 0 Å². The van der Waals surface area contributed by atoms with Gasteiger partial charge < -0.3 is 10.1 Å². The van der Waals surface area contributed by atoms with Crippen LogP contribution in [0.25, 0.3) is 0 Å². The Labute approximate surface area is 144 Å². The van der Waals surface area contributed by atoms with Gasteiger partial charge in [-0.1, -0.05) is 30.3 Å². The second kappa shape index (κ2) is 9.08. The molecule has 0 spiro atoms. The molecular weight excluding hydrogens is 329 g/mol. The number of hydrogen-bond donors (Lipinski definition) is 1.